The molecule has 0 amide bonds. The quantitative estimate of drug-likeness (QED) is 0.748. The Labute approximate surface area is 95.0 Å². The minimum atomic E-state index is -0.500. The van der Waals surface area contributed by atoms with Gasteiger partial charge in [0.05, 0.1) is 31.0 Å². The molecular formula is C11H14N4O. The van der Waals surface area contributed by atoms with Gasteiger partial charge in [0.2, 0.25) is 5.88 Å². The molecule has 1 atom stereocenters. The summed E-state index contributed by atoms with van der Waals surface area (Å²) in [5.41, 5.74) is 1.50. The molecule has 1 aromatic heterocycles. The molecule has 1 N–H and O–H groups in total. The number of aromatic nitrogens is 2. The lowest BCUT2D eigenvalue weighted by molar-refractivity contribution is 0.366. The lowest BCUT2D eigenvalue weighted by atomic mass is 10.1. The Balaban J connectivity index is 3.10. The molecule has 0 fully saturated rings. The second-order valence-corrected chi connectivity index (χ2v) is 3.28. The summed E-state index contributed by atoms with van der Waals surface area (Å²) >= 11 is 0. The normalized spacial score (nSPS) is 11.6. The second-order valence-electron chi connectivity index (χ2n) is 3.28. The molecule has 1 rings (SSSR count). The van der Waals surface area contributed by atoms with E-state index in [2.05, 4.69) is 22.4 Å². The van der Waals surface area contributed by atoms with Crippen molar-refractivity contribution in [3.05, 3.63) is 11.3 Å². The van der Waals surface area contributed by atoms with E-state index < -0.39 is 6.04 Å². The third-order valence-electron chi connectivity index (χ3n) is 2.23. The molecule has 16 heavy (non-hydrogen) atoms. The molecular weight excluding hydrogens is 204 g/mol. The third-order valence-corrected chi connectivity index (χ3v) is 2.23. The number of nitrogens with zero attached hydrogens (tertiary/aromatic N) is 3. The molecule has 0 saturated heterocycles. The average Bonchev–Trinajstić information content (AvgIpc) is 2.55. The van der Waals surface area contributed by atoms with Gasteiger partial charge in [-0.1, -0.05) is 5.92 Å². The van der Waals surface area contributed by atoms with E-state index in [1.54, 1.807) is 18.8 Å². The van der Waals surface area contributed by atoms with E-state index in [4.69, 9.17) is 16.4 Å². The molecule has 1 aromatic rings. The fraction of sp³-hybridized carbons (Fsp3) is 0.455. The zero-order valence-corrected chi connectivity index (χ0v) is 9.61. The van der Waals surface area contributed by atoms with Gasteiger partial charge in [-0.3, -0.25) is 5.32 Å². The number of hydrogen-bond donors (Lipinski definition) is 1. The molecule has 0 radical (unpaired) electrons. The van der Waals surface area contributed by atoms with Crippen molar-refractivity contribution in [2.75, 3.05) is 13.7 Å². The van der Waals surface area contributed by atoms with E-state index in [9.17, 15) is 0 Å². The molecule has 0 aromatic carbocycles. The van der Waals surface area contributed by atoms with E-state index in [1.807, 2.05) is 6.92 Å². The zero-order chi connectivity index (χ0) is 12.1. The van der Waals surface area contributed by atoms with Crippen LogP contribution in [0, 0.1) is 30.6 Å². The van der Waals surface area contributed by atoms with Crippen molar-refractivity contribution in [2.24, 2.45) is 7.05 Å². The third kappa shape index (κ3) is 2.16. The van der Waals surface area contributed by atoms with Crippen molar-refractivity contribution in [3.8, 4) is 24.3 Å². The van der Waals surface area contributed by atoms with Gasteiger partial charge in [0.1, 0.15) is 6.04 Å². The maximum Gasteiger partial charge on any atom is 0.217 e. The van der Waals surface area contributed by atoms with Gasteiger partial charge >= 0.3 is 0 Å². The number of ether oxygens (including phenoxy) is 1. The van der Waals surface area contributed by atoms with Gasteiger partial charge in [-0.25, -0.2) is 4.68 Å². The van der Waals surface area contributed by atoms with Gasteiger partial charge in [-0.2, -0.15) is 10.4 Å². The Kier molecular flexibility index (Phi) is 3.93. The number of terminal acetylenes is 1. The number of methoxy groups -OCH3 is 1. The number of nitrogens with one attached hydrogen (secondary N) is 1. The highest BCUT2D eigenvalue weighted by Gasteiger charge is 2.22. The van der Waals surface area contributed by atoms with Crippen LogP contribution in [0.25, 0.3) is 0 Å². The van der Waals surface area contributed by atoms with Crippen LogP contribution in [0.2, 0.25) is 0 Å². The fourth-order valence-electron chi connectivity index (χ4n) is 1.60. The Morgan fingerprint density at radius 1 is 1.69 bits per heavy atom. The first-order valence-corrected chi connectivity index (χ1v) is 4.79. The summed E-state index contributed by atoms with van der Waals surface area (Å²) in [6, 6.07) is 1.64. The number of hydrogen-bond acceptors (Lipinski definition) is 4. The first-order chi connectivity index (χ1) is 7.65. The molecule has 5 heteroatoms. The molecule has 0 aliphatic carbocycles. The van der Waals surface area contributed by atoms with Crippen molar-refractivity contribution in [3.63, 3.8) is 0 Å². The largest absolute Gasteiger partial charge is 0.481 e. The van der Waals surface area contributed by atoms with Crippen LogP contribution in [-0.4, -0.2) is 23.4 Å². The van der Waals surface area contributed by atoms with Crippen LogP contribution in [0.15, 0.2) is 0 Å². The van der Waals surface area contributed by atoms with E-state index in [0.29, 0.717) is 12.4 Å². The Morgan fingerprint density at radius 2 is 2.38 bits per heavy atom. The second kappa shape index (κ2) is 5.20. The Morgan fingerprint density at radius 3 is 2.88 bits per heavy atom. The van der Waals surface area contributed by atoms with Crippen LogP contribution in [-0.2, 0) is 7.05 Å². The van der Waals surface area contributed by atoms with Crippen LogP contribution < -0.4 is 10.1 Å². The zero-order valence-electron chi connectivity index (χ0n) is 9.61. The van der Waals surface area contributed by atoms with Gasteiger partial charge in [0.25, 0.3) is 0 Å². The van der Waals surface area contributed by atoms with Crippen LogP contribution in [0.1, 0.15) is 17.3 Å². The lowest BCUT2D eigenvalue weighted by Gasteiger charge is -2.10. The van der Waals surface area contributed by atoms with Gasteiger partial charge in [0.15, 0.2) is 0 Å². The number of aryl methyl sites for hydroxylation is 2. The van der Waals surface area contributed by atoms with Gasteiger partial charge in [0, 0.05) is 7.05 Å². The van der Waals surface area contributed by atoms with Crippen molar-refractivity contribution < 1.29 is 4.74 Å². The molecule has 1 heterocycles. The monoisotopic (exact) mass is 218 g/mol. The summed E-state index contributed by atoms with van der Waals surface area (Å²) in [5.74, 6) is 3.01. The maximum absolute atomic E-state index is 9.09. The summed E-state index contributed by atoms with van der Waals surface area (Å²) in [5, 5.41) is 16.2. The smallest absolute Gasteiger partial charge is 0.217 e. The van der Waals surface area contributed by atoms with Crippen LogP contribution in [0.3, 0.4) is 0 Å². The predicted molar refractivity (Wildman–Crippen MR) is 59.7 cm³/mol. The van der Waals surface area contributed by atoms with E-state index in [-0.39, 0.29) is 0 Å². The summed E-state index contributed by atoms with van der Waals surface area (Å²) in [6.07, 6.45) is 5.15. The molecule has 1 unspecified atom stereocenters. The van der Waals surface area contributed by atoms with Crippen LogP contribution in [0.4, 0.5) is 0 Å². The number of rotatable bonds is 4. The fourth-order valence-corrected chi connectivity index (χ4v) is 1.60. The molecule has 0 saturated carbocycles. The summed E-state index contributed by atoms with van der Waals surface area (Å²) in [6.45, 7) is 2.16. The topological polar surface area (TPSA) is 62.9 Å². The van der Waals surface area contributed by atoms with Crippen molar-refractivity contribution >= 4 is 0 Å². The molecule has 0 aliphatic rings. The lowest BCUT2D eigenvalue weighted by Crippen LogP contribution is -2.21. The van der Waals surface area contributed by atoms with Crippen LogP contribution in [0.5, 0.6) is 5.88 Å². The standard InChI is InChI=1S/C11H14N4O/c1-5-6-13-9(7-12)10-8(2)14-15(3)11(10)16-4/h1,9,13H,6H2,2-4H3. The summed E-state index contributed by atoms with van der Waals surface area (Å²) < 4.78 is 6.82. The Hall–Kier alpha value is -1.98. The molecule has 0 bridgehead atoms. The average molecular weight is 218 g/mol. The first-order valence-electron chi connectivity index (χ1n) is 4.79. The SMILES string of the molecule is C#CCNC(C#N)c1c(C)nn(C)c1OC. The van der Waals surface area contributed by atoms with Crippen LogP contribution >= 0.6 is 0 Å². The van der Waals surface area contributed by atoms with Crippen molar-refractivity contribution in [1.29, 1.82) is 5.26 Å². The minimum absolute atomic E-state index is 0.329. The Bertz CT molecular complexity index is 450. The molecule has 0 aliphatic heterocycles. The highest BCUT2D eigenvalue weighted by atomic mass is 16.5. The highest BCUT2D eigenvalue weighted by Crippen LogP contribution is 2.27. The molecule has 5 nitrogen and oxygen atoms in total. The van der Waals surface area contributed by atoms with Crippen molar-refractivity contribution in [1.82, 2.24) is 15.1 Å². The van der Waals surface area contributed by atoms with E-state index in [0.717, 1.165) is 11.3 Å². The maximum atomic E-state index is 9.09. The molecule has 0 spiro atoms. The van der Waals surface area contributed by atoms with Gasteiger partial charge < -0.3 is 4.74 Å². The minimum Gasteiger partial charge on any atom is -0.481 e. The highest BCUT2D eigenvalue weighted by molar-refractivity contribution is 5.37. The molecule has 84 valence electrons. The van der Waals surface area contributed by atoms with E-state index in [1.165, 1.54) is 0 Å². The van der Waals surface area contributed by atoms with Gasteiger partial charge in [-0.15, -0.1) is 6.42 Å². The first kappa shape index (κ1) is 12.1. The predicted octanol–water partition coefficient (Wildman–Crippen LogP) is 0.525. The van der Waals surface area contributed by atoms with E-state index >= 15 is 0 Å². The van der Waals surface area contributed by atoms with Gasteiger partial charge in [-0.05, 0) is 6.92 Å². The van der Waals surface area contributed by atoms with Crippen molar-refractivity contribution in [2.45, 2.75) is 13.0 Å². The summed E-state index contributed by atoms with van der Waals surface area (Å²) in [4.78, 5) is 0. The number of nitriles is 1. The summed E-state index contributed by atoms with van der Waals surface area (Å²) in [7, 11) is 3.32.